The summed E-state index contributed by atoms with van der Waals surface area (Å²) in [5.41, 5.74) is 2.65. The Kier molecular flexibility index (Phi) is 9.14. The molecule has 1 aromatic carbocycles. The number of hydrogen-bond acceptors (Lipinski definition) is 4. The Balaban J connectivity index is 3.26. The molecule has 0 radical (unpaired) electrons. The fourth-order valence-electron chi connectivity index (χ4n) is 3.11. The number of methoxy groups -OCH3 is 1. The maximum Gasteiger partial charge on any atom is 0.250 e. The summed E-state index contributed by atoms with van der Waals surface area (Å²) in [6.45, 7) is 13.1. The first-order valence-corrected chi connectivity index (χ1v) is 10.2. The van der Waals surface area contributed by atoms with Crippen LogP contribution in [-0.2, 0) is 20.9 Å². The summed E-state index contributed by atoms with van der Waals surface area (Å²) >= 11 is 0. The van der Waals surface area contributed by atoms with Gasteiger partial charge in [-0.2, -0.15) is 0 Å². The lowest BCUT2D eigenvalue weighted by Gasteiger charge is -2.35. The Morgan fingerprint density at radius 2 is 1.76 bits per heavy atom. The van der Waals surface area contributed by atoms with Crippen molar-refractivity contribution in [3.8, 4) is 0 Å². The van der Waals surface area contributed by atoms with Crippen LogP contribution >= 0.6 is 0 Å². The summed E-state index contributed by atoms with van der Waals surface area (Å²) in [5, 5.41) is 2.86. The first kappa shape index (κ1) is 25.0. The highest BCUT2D eigenvalue weighted by molar-refractivity contribution is 5.92. The van der Waals surface area contributed by atoms with Crippen molar-refractivity contribution in [1.82, 2.24) is 4.90 Å². The molecular weight excluding hydrogens is 366 g/mol. The highest BCUT2D eigenvalue weighted by atomic mass is 16.5. The topological polar surface area (TPSA) is 61.9 Å². The molecular formula is C23H39N3O3. The van der Waals surface area contributed by atoms with E-state index in [1.165, 1.54) is 7.11 Å². The van der Waals surface area contributed by atoms with Gasteiger partial charge < -0.3 is 19.9 Å². The number of carbonyl (C=O) groups is 2. The summed E-state index contributed by atoms with van der Waals surface area (Å²) in [6, 6.07) is 5.91. The van der Waals surface area contributed by atoms with Crippen molar-refractivity contribution >= 4 is 23.2 Å². The Bertz CT molecular complexity index is 693. The lowest BCUT2D eigenvalue weighted by Crippen LogP contribution is -2.42. The van der Waals surface area contributed by atoms with Crippen LogP contribution in [0.25, 0.3) is 0 Å². The second-order valence-electron chi connectivity index (χ2n) is 9.46. The second-order valence-corrected chi connectivity index (χ2v) is 9.46. The zero-order chi connectivity index (χ0) is 22.4. The fourth-order valence-corrected chi connectivity index (χ4v) is 3.11. The van der Waals surface area contributed by atoms with Crippen molar-refractivity contribution in [2.24, 2.45) is 11.3 Å². The van der Waals surface area contributed by atoms with Gasteiger partial charge in [0.05, 0.1) is 0 Å². The first-order valence-electron chi connectivity index (χ1n) is 10.2. The maximum atomic E-state index is 13.2. The quantitative estimate of drug-likeness (QED) is 0.670. The normalized spacial score (nSPS) is 12.6. The number of benzene rings is 1. The van der Waals surface area contributed by atoms with E-state index in [1.807, 2.05) is 42.1 Å². The number of carbonyl (C=O) groups excluding carboxylic acids is 2. The number of hydrogen-bond donors (Lipinski definition) is 1. The van der Waals surface area contributed by atoms with Gasteiger partial charge in [0.15, 0.2) is 0 Å². The van der Waals surface area contributed by atoms with Crippen molar-refractivity contribution in [2.75, 3.05) is 38.0 Å². The zero-order valence-corrected chi connectivity index (χ0v) is 19.6. The Labute approximate surface area is 176 Å². The SMILES string of the molecule is COCC(=O)Nc1ccc(N(C)C)c(CN(C(=O)CC(C)(C)C)[C@@H](C)C(C)C)c1. The van der Waals surface area contributed by atoms with Gasteiger partial charge in [0.25, 0.3) is 0 Å². The van der Waals surface area contributed by atoms with Gasteiger partial charge in [-0.1, -0.05) is 34.6 Å². The van der Waals surface area contributed by atoms with Gasteiger partial charge in [0.1, 0.15) is 6.61 Å². The van der Waals surface area contributed by atoms with Crippen LogP contribution in [0.4, 0.5) is 11.4 Å². The highest BCUT2D eigenvalue weighted by Crippen LogP contribution is 2.28. The van der Waals surface area contributed by atoms with Crippen LogP contribution < -0.4 is 10.2 Å². The third-order valence-corrected chi connectivity index (χ3v) is 4.92. The molecule has 1 atom stereocenters. The van der Waals surface area contributed by atoms with Crippen molar-refractivity contribution in [3.05, 3.63) is 23.8 Å². The summed E-state index contributed by atoms with van der Waals surface area (Å²) in [7, 11) is 5.45. The number of rotatable bonds is 9. The van der Waals surface area contributed by atoms with Crippen LogP contribution in [-0.4, -0.2) is 50.6 Å². The van der Waals surface area contributed by atoms with Crippen molar-refractivity contribution in [3.63, 3.8) is 0 Å². The monoisotopic (exact) mass is 405 g/mol. The largest absolute Gasteiger partial charge is 0.377 e. The summed E-state index contributed by atoms with van der Waals surface area (Å²) < 4.78 is 4.90. The van der Waals surface area contributed by atoms with E-state index in [0.717, 1.165) is 11.3 Å². The second kappa shape index (κ2) is 10.6. The molecule has 1 aromatic rings. The summed E-state index contributed by atoms with van der Waals surface area (Å²) in [6.07, 6.45) is 0.492. The van der Waals surface area contributed by atoms with Gasteiger partial charge in [0.2, 0.25) is 11.8 Å². The molecule has 0 saturated carbocycles. The smallest absolute Gasteiger partial charge is 0.250 e. The van der Waals surface area contributed by atoms with Gasteiger partial charge in [-0.15, -0.1) is 0 Å². The molecule has 164 valence electrons. The van der Waals surface area contributed by atoms with Crippen LogP contribution in [0.3, 0.4) is 0 Å². The van der Waals surface area contributed by atoms with Crippen molar-refractivity contribution in [1.29, 1.82) is 0 Å². The molecule has 1 N–H and O–H groups in total. The third-order valence-electron chi connectivity index (χ3n) is 4.92. The van der Waals surface area contributed by atoms with Gasteiger partial charge in [-0.3, -0.25) is 9.59 Å². The van der Waals surface area contributed by atoms with E-state index >= 15 is 0 Å². The maximum absolute atomic E-state index is 13.2. The van der Waals surface area contributed by atoms with E-state index in [2.05, 4.69) is 46.9 Å². The number of ether oxygens (including phenoxy) is 1. The predicted octanol–water partition coefficient (Wildman–Crippen LogP) is 4.15. The molecule has 0 aliphatic carbocycles. The number of anilines is 2. The number of nitrogens with zero attached hydrogens (tertiary/aromatic N) is 2. The average Bonchev–Trinajstić information content (AvgIpc) is 2.57. The standard InChI is InChI=1S/C23H39N3O3/c1-16(2)17(3)26(22(28)13-23(4,5)6)14-18-12-19(24-21(27)15-29-9)10-11-20(18)25(7)8/h10-12,16-17H,13-15H2,1-9H3,(H,24,27)/t17-/m0/s1. The van der Waals surface area contributed by atoms with Crippen molar-refractivity contribution in [2.45, 2.75) is 60.5 Å². The lowest BCUT2D eigenvalue weighted by atomic mass is 9.90. The minimum absolute atomic E-state index is 0.00530. The van der Waals surface area contributed by atoms with E-state index in [-0.39, 0.29) is 29.9 Å². The molecule has 29 heavy (non-hydrogen) atoms. The predicted molar refractivity (Wildman–Crippen MR) is 120 cm³/mol. The minimum Gasteiger partial charge on any atom is -0.377 e. The number of amides is 2. The van der Waals surface area contributed by atoms with Gasteiger partial charge in [-0.05, 0) is 42.0 Å². The fraction of sp³-hybridized carbons (Fsp3) is 0.652. The molecule has 6 nitrogen and oxygen atoms in total. The average molecular weight is 406 g/mol. The van der Waals surface area contributed by atoms with Crippen LogP contribution in [0, 0.1) is 11.3 Å². The molecule has 0 aliphatic heterocycles. The molecule has 2 amide bonds. The molecule has 0 saturated heterocycles. The van der Waals surface area contributed by atoms with E-state index in [1.54, 1.807) is 0 Å². The van der Waals surface area contributed by atoms with Crippen LogP contribution in [0.1, 0.15) is 53.5 Å². The summed E-state index contributed by atoms with van der Waals surface area (Å²) in [5.74, 6) is 0.288. The minimum atomic E-state index is -0.202. The molecule has 0 fully saturated rings. The Hall–Kier alpha value is -2.08. The van der Waals surface area contributed by atoms with Crippen LogP contribution in [0.15, 0.2) is 18.2 Å². The van der Waals surface area contributed by atoms with Gasteiger partial charge in [-0.25, -0.2) is 0 Å². The molecule has 0 bridgehead atoms. The van der Waals surface area contributed by atoms with E-state index in [9.17, 15) is 9.59 Å². The van der Waals surface area contributed by atoms with Gasteiger partial charge in [0, 0.05) is 51.6 Å². The van der Waals surface area contributed by atoms with Gasteiger partial charge >= 0.3 is 0 Å². The molecule has 0 aliphatic rings. The van der Waals surface area contributed by atoms with Crippen molar-refractivity contribution < 1.29 is 14.3 Å². The third kappa shape index (κ3) is 8.05. The molecule has 0 aromatic heterocycles. The molecule has 6 heteroatoms. The van der Waals surface area contributed by atoms with E-state index < -0.39 is 0 Å². The Morgan fingerprint density at radius 3 is 2.24 bits per heavy atom. The molecule has 0 heterocycles. The van der Waals surface area contributed by atoms with E-state index in [0.29, 0.717) is 24.6 Å². The van der Waals surface area contributed by atoms with Crippen LogP contribution in [0.5, 0.6) is 0 Å². The Morgan fingerprint density at radius 1 is 1.14 bits per heavy atom. The van der Waals surface area contributed by atoms with Crippen LogP contribution in [0.2, 0.25) is 0 Å². The molecule has 1 rings (SSSR count). The highest BCUT2D eigenvalue weighted by Gasteiger charge is 2.27. The number of nitrogens with one attached hydrogen (secondary N) is 1. The zero-order valence-electron chi connectivity index (χ0n) is 19.6. The summed E-state index contributed by atoms with van der Waals surface area (Å²) in [4.78, 5) is 29.1. The molecule has 0 unspecified atom stereocenters. The lowest BCUT2D eigenvalue weighted by molar-refractivity contribution is -0.136. The first-order chi connectivity index (χ1) is 13.4. The molecule has 0 spiro atoms. The van der Waals surface area contributed by atoms with E-state index in [4.69, 9.17) is 4.74 Å².